The predicted molar refractivity (Wildman–Crippen MR) is 108 cm³/mol. The Kier molecular flexibility index (Phi) is 4.94. The van der Waals surface area contributed by atoms with Crippen LogP contribution in [0.15, 0.2) is 70.1 Å². The number of hydrogen-bond acceptors (Lipinski definition) is 4. The molecule has 2 heterocycles. The van der Waals surface area contributed by atoms with E-state index in [1.165, 1.54) is 16.8 Å². The summed E-state index contributed by atoms with van der Waals surface area (Å²) in [5.41, 5.74) is 2.36. The molecule has 1 aliphatic heterocycles. The summed E-state index contributed by atoms with van der Waals surface area (Å²) in [4.78, 5) is 17.1. The van der Waals surface area contributed by atoms with Crippen molar-refractivity contribution in [3.05, 3.63) is 81.4 Å². The highest BCUT2D eigenvalue weighted by molar-refractivity contribution is 9.10. The van der Waals surface area contributed by atoms with E-state index in [1.54, 1.807) is 18.3 Å². The molecule has 0 unspecified atom stereocenters. The highest BCUT2D eigenvalue weighted by Crippen LogP contribution is 2.25. The van der Waals surface area contributed by atoms with Crippen molar-refractivity contribution in [1.29, 1.82) is 0 Å². The van der Waals surface area contributed by atoms with Crippen LogP contribution in [0.2, 0.25) is 0 Å². The minimum absolute atomic E-state index is 0.181. The monoisotopic (exact) mass is 428 g/mol. The molecule has 0 radical (unpaired) electrons. The smallest absolute Gasteiger partial charge is 0.287 e. The quantitative estimate of drug-likeness (QED) is 0.640. The van der Waals surface area contributed by atoms with Gasteiger partial charge in [0.25, 0.3) is 5.56 Å². The summed E-state index contributed by atoms with van der Waals surface area (Å²) in [6, 6.07) is 15.9. The summed E-state index contributed by atoms with van der Waals surface area (Å²) < 4.78 is 15.0. The Labute approximate surface area is 164 Å². The maximum atomic E-state index is 13.1. The number of halogens is 2. The molecule has 7 heteroatoms. The lowest BCUT2D eigenvalue weighted by Crippen LogP contribution is -2.47. The second-order valence-corrected chi connectivity index (χ2v) is 7.14. The van der Waals surface area contributed by atoms with Crippen molar-refractivity contribution in [3.63, 3.8) is 0 Å². The molecule has 1 saturated heterocycles. The first-order chi connectivity index (χ1) is 13.1. The van der Waals surface area contributed by atoms with Crippen LogP contribution in [-0.2, 0) is 0 Å². The van der Waals surface area contributed by atoms with Crippen LogP contribution in [-0.4, -0.2) is 36.0 Å². The zero-order valence-corrected chi connectivity index (χ0v) is 16.1. The van der Waals surface area contributed by atoms with Crippen molar-refractivity contribution >= 4 is 27.3 Å². The lowest BCUT2D eigenvalue weighted by molar-refractivity contribution is 0.624. The number of hydrogen-bond donors (Lipinski definition) is 0. The first kappa shape index (κ1) is 17.7. The third-order valence-electron chi connectivity index (χ3n) is 4.71. The fraction of sp³-hybridized carbons (Fsp3) is 0.200. The van der Waals surface area contributed by atoms with Gasteiger partial charge in [-0.3, -0.25) is 4.79 Å². The Hall–Kier alpha value is -2.67. The van der Waals surface area contributed by atoms with Gasteiger partial charge in [-0.05, 0) is 52.3 Å². The van der Waals surface area contributed by atoms with Crippen LogP contribution in [0.25, 0.3) is 5.69 Å². The molecule has 0 bridgehead atoms. The summed E-state index contributed by atoms with van der Waals surface area (Å²) in [5, 5.41) is 4.35. The molecule has 0 atom stereocenters. The maximum absolute atomic E-state index is 13.1. The van der Waals surface area contributed by atoms with Crippen LogP contribution in [0, 0.1) is 5.82 Å². The molecule has 0 aliphatic carbocycles. The van der Waals surface area contributed by atoms with Crippen molar-refractivity contribution in [2.75, 3.05) is 36.0 Å². The Morgan fingerprint density at radius 2 is 1.48 bits per heavy atom. The largest absolute Gasteiger partial charge is 0.368 e. The highest BCUT2D eigenvalue weighted by Gasteiger charge is 2.21. The molecular formula is C20H18BrFN4O. The van der Waals surface area contributed by atoms with Gasteiger partial charge in [-0.2, -0.15) is 9.78 Å². The van der Waals surface area contributed by atoms with Gasteiger partial charge in [0.2, 0.25) is 0 Å². The normalized spacial score (nSPS) is 14.4. The van der Waals surface area contributed by atoms with Crippen LogP contribution < -0.4 is 15.4 Å². The van der Waals surface area contributed by atoms with Crippen LogP contribution in [0.3, 0.4) is 0 Å². The molecule has 0 N–H and O–H groups in total. The number of nitrogens with zero attached hydrogens (tertiary/aromatic N) is 4. The Bertz CT molecular complexity index is 983. The van der Waals surface area contributed by atoms with Gasteiger partial charge in [-0.1, -0.05) is 18.2 Å². The first-order valence-electron chi connectivity index (χ1n) is 8.72. The van der Waals surface area contributed by atoms with Crippen LogP contribution >= 0.6 is 15.9 Å². The predicted octanol–water partition coefficient (Wildman–Crippen LogP) is 3.46. The molecule has 138 valence electrons. The summed E-state index contributed by atoms with van der Waals surface area (Å²) in [6.45, 7) is 3.10. The van der Waals surface area contributed by atoms with Crippen molar-refractivity contribution in [2.24, 2.45) is 0 Å². The highest BCUT2D eigenvalue weighted by atomic mass is 79.9. The summed E-state index contributed by atoms with van der Waals surface area (Å²) >= 11 is 3.46. The number of anilines is 2. The van der Waals surface area contributed by atoms with Crippen LogP contribution in [0.4, 0.5) is 15.8 Å². The molecule has 3 aromatic rings. The van der Waals surface area contributed by atoms with Gasteiger partial charge < -0.3 is 9.80 Å². The maximum Gasteiger partial charge on any atom is 0.287 e. The fourth-order valence-electron chi connectivity index (χ4n) is 3.26. The minimum atomic E-state index is -0.230. The van der Waals surface area contributed by atoms with E-state index in [0.717, 1.165) is 43.2 Å². The second kappa shape index (κ2) is 7.52. The second-order valence-electron chi connectivity index (χ2n) is 6.35. The van der Waals surface area contributed by atoms with E-state index >= 15 is 0 Å². The van der Waals surface area contributed by atoms with E-state index in [2.05, 4.69) is 30.8 Å². The number of benzene rings is 2. The average molecular weight is 429 g/mol. The Balaban J connectivity index is 1.52. The van der Waals surface area contributed by atoms with E-state index in [4.69, 9.17) is 0 Å². The minimum Gasteiger partial charge on any atom is -0.368 e. The van der Waals surface area contributed by atoms with Crippen LogP contribution in [0.5, 0.6) is 0 Å². The van der Waals surface area contributed by atoms with E-state index < -0.39 is 0 Å². The summed E-state index contributed by atoms with van der Waals surface area (Å²) in [7, 11) is 0. The van der Waals surface area contributed by atoms with Gasteiger partial charge in [0, 0.05) is 31.9 Å². The number of piperazine rings is 1. The van der Waals surface area contributed by atoms with Gasteiger partial charge in [0.05, 0.1) is 17.6 Å². The van der Waals surface area contributed by atoms with Crippen molar-refractivity contribution in [1.82, 2.24) is 9.78 Å². The molecule has 1 fully saturated rings. The Morgan fingerprint density at radius 3 is 2.15 bits per heavy atom. The standard InChI is InChI=1S/C20H18BrFN4O/c21-19-18(14-23-26(20(19)27)17-4-2-1-3-5-17)25-12-10-24(11-13-25)16-8-6-15(22)7-9-16/h1-9,14H,10-13H2. The number of rotatable bonds is 3. The topological polar surface area (TPSA) is 41.4 Å². The molecule has 0 spiro atoms. The molecule has 5 nitrogen and oxygen atoms in total. The van der Waals surface area contributed by atoms with Gasteiger partial charge in [-0.15, -0.1) is 0 Å². The number of para-hydroxylation sites is 1. The van der Waals surface area contributed by atoms with Gasteiger partial charge in [0.1, 0.15) is 10.3 Å². The van der Waals surface area contributed by atoms with E-state index in [1.807, 2.05) is 30.3 Å². The molecule has 2 aromatic carbocycles. The average Bonchev–Trinajstić information content (AvgIpc) is 2.71. The zero-order chi connectivity index (χ0) is 18.8. The van der Waals surface area contributed by atoms with Gasteiger partial charge in [-0.25, -0.2) is 4.39 Å². The molecule has 0 amide bonds. The van der Waals surface area contributed by atoms with Gasteiger partial charge in [0.15, 0.2) is 0 Å². The van der Waals surface area contributed by atoms with Crippen molar-refractivity contribution < 1.29 is 4.39 Å². The van der Waals surface area contributed by atoms with Crippen LogP contribution in [0.1, 0.15) is 0 Å². The van der Waals surface area contributed by atoms with E-state index in [0.29, 0.717) is 4.47 Å². The van der Waals surface area contributed by atoms with Gasteiger partial charge >= 0.3 is 0 Å². The van der Waals surface area contributed by atoms with Crippen molar-refractivity contribution in [3.8, 4) is 5.69 Å². The molecule has 1 aliphatic rings. The molecular weight excluding hydrogens is 411 g/mol. The molecule has 4 rings (SSSR count). The third kappa shape index (κ3) is 3.60. The van der Waals surface area contributed by atoms with E-state index in [9.17, 15) is 9.18 Å². The molecule has 0 saturated carbocycles. The van der Waals surface area contributed by atoms with Crippen molar-refractivity contribution in [2.45, 2.75) is 0 Å². The lowest BCUT2D eigenvalue weighted by atomic mass is 10.2. The van der Waals surface area contributed by atoms with E-state index in [-0.39, 0.29) is 11.4 Å². The Morgan fingerprint density at radius 1 is 0.852 bits per heavy atom. The third-order valence-corrected chi connectivity index (χ3v) is 5.46. The summed E-state index contributed by atoms with van der Waals surface area (Å²) in [6.07, 6.45) is 1.73. The SMILES string of the molecule is O=c1c(Br)c(N2CCN(c3ccc(F)cc3)CC2)cnn1-c1ccccc1. The number of aromatic nitrogens is 2. The fourth-order valence-corrected chi connectivity index (χ4v) is 3.78. The zero-order valence-electron chi connectivity index (χ0n) is 14.6. The first-order valence-corrected chi connectivity index (χ1v) is 9.51. The summed E-state index contributed by atoms with van der Waals surface area (Å²) in [5.74, 6) is -0.230. The molecule has 1 aromatic heterocycles. The lowest BCUT2D eigenvalue weighted by Gasteiger charge is -2.37. The molecule has 27 heavy (non-hydrogen) atoms.